The van der Waals surface area contributed by atoms with Crippen molar-refractivity contribution in [3.63, 3.8) is 0 Å². The standard InChI is InChI=1S/C32H23N4OP/c37-38(26-8-2-1-3-9-26)29-22-25(24-14-19-35(20-15-24)31-10-4-6-17-33-31)12-13-27(29)28-16-21-36(23-30(28)38)32-11-5-7-18-34-32/h1-23H/q+2. The molecule has 38 heavy (non-hydrogen) atoms. The summed E-state index contributed by atoms with van der Waals surface area (Å²) in [5, 5.41) is 2.54. The van der Waals surface area contributed by atoms with Crippen LogP contribution in [-0.4, -0.2) is 9.97 Å². The molecule has 0 bridgehead atoms. The molecule has 0 radical (unpaired) electrons. The summed E-state index contributed by atoms with van der Waals surface area (Å²) in [5.41, 5.74) is 4.10. The van der Waals surface area contributed by atoms with Gasteiger partial charge in [0.05, 0.1) is 23.9 Å². The third kappa shape index (κ3) is 3.60. The molecular formula is C32H23N4OP+2. The van der Waals surface area contributed by atoms with Gasteiger partial charge in [-0.15, -0.1) is 0 Å². The SMILES string of the molecule is O=P1(c2ccccc2)c2cc(-c3cc[n+](-c4ccccn4)cc3)ccc2-c2cc[n+](-c3ccccn3)cc21. The number of nitrogens with zero attached hydrogens (tertiary/aromatic N) is 4. The summed E-state index contributed by atoms with van der Waals surface area (Å²) < 4.78 is 19.2. The fraction of sp³-hybridized carbons (Fsp3) is 0. The number of rotatable bonds is 4. The van der Waals surface area contributed by atoms with Gasteiger partial charge in [-0.05, 0) is 63.1 Å². The minimum absolute atomic E-state index is 0.789. The first kappa shape index (κ1) is 22.5. The molecule has 180 valence electrons. The Bertz CT molecular complexity index is 1820. The monoisotopic (exact) mass is 510 g/mol. The van der Waals surface area contributed by atoms with Gasteiger partial charge in [0.25, 0.3) is 0 Å². The Morgan fingerprint density at radius 1 is 0.553 bits per heavy atom. The fourth-order valence-electron chi connectivity index (χ4n) is 5.14. The lowest BCUT2D eigenvalue weighted by atomic mass is 10.0. The molecule has 0 spiro atoms. The number of pyridine rings is 4. The normalized spacial score (nSPS) is 15.6. The van der Waals surface area contributed by atoms with Crippen molar-refractivity contribution in [3.8, 4) is 33.9 Å². The number of hydrogen-bond acceptors (Lipinski definition) is 3. The third-order valence-corrected chi connectivity index (χ3v) is 10.1. The molecular weight excluding hydrogens is 487 g/mol. The van der Waals surface area contributed by atoms with Gasteiger partial charge in [-0.25, -0.2) is 9.13 Å². The molecule has 0 saturated carbocycles. The Kier molecular flexibility index (Phi) is 5.31. The molecule has 5 heterocycles. The molecule has 0 aliphatic carbocycles. The zero-order valence-electron chi connectivity index (χ0n) is 20.4. The Morgan fingerprint density at radius 3 is 1.87 bits per heavy atom. The zero-order chi connectivity index (χ0) is 25.5. The molecule has 0 fully saturated rings. The maximum Gasteiger partial charge on any atom is 0.327 e. The van der Waals surface area contributed by atoms with Crippen LogP contribution < -0.4 is 25.0 Å². The van der Waals surface area contributed by atoms with E-state index >= 15 is 4.57 Å². The molecule has 6 heteroatoms. The van der Waals surface area contributed by atoms with Gasteiger partial charge in [0.15, 0.2) is 7.14 Å². The lowest BCUT2D eigenvalue weighted by Gasteiger charge is -2.16. The van der Waals surface area contributed by atoms with Gasteiger partial charge >= 0.3 is 11.6 Å². The second kappa shape index (κ2) is 8.98. The average Bonchev–Trinajstić information content (AvgIpc) is 3.26. The molecule has 1 aliphatic heterocycles. The topological polar surface area (TPSA) is 50.6 Å². The molecule has 0 saturated heterocycles. The summed E-state index contributed by atoms with van der Waals surface area (Å²) >= 11 is 0. The highest BCUT2D eigenvalue weighted by atomic mass is 31.2. The lowest BCUT2D eigenvalue weighted by molar-refractivity contribution is -0.599. The van der Waals surface area contributed by atoms with Crippen molar-refractivity contribution >= 4 is 23.1 Å². The van der Waals surface area contributed by atoms with Crippen LogP contribution in [0.5, 0.6) is 0 Å². The highest BCUT2D eigenvalue weighted by molar-refractivity contribution is 7.86. The van der Waals surface area contributed by atoms with Crippen LogP contribution in [-0.2, 0) is 4.57 Å². The van der Waals surface area contributed by atoms with E-state index in [1.165, 1.54) is 0 Å². The number of fused-ring (bicyclic) bond motifs is 3. The van der Waals surface area contributed by atoms with Crippen LogP contribution >= 0.6 is 7.14 Å². The van der Waals surface area contributed by atoms with Crippen LogP contribution in [0, 0.1) is 0 Å². The summed E-state index contributed by atoms with van der Waals surface area (Å²) in [6.45, 7) is 0. The molecule has 0 amide bonds. The maximum atomic E-state index is 15.2. The minimum atomic E-state index is -3.12. The van der Waals surface area contributed by atoms with E-state index in [0.717, 1.165) is 49.8 Å². The molecule has 1 atom stereocenters. The molecule has 0 N–H and O–H groups in total. The second-order valence-corrected chi connectivity index (χ2v) is 11.9. The van der Waals surface area contributed by atoms with Crippen molar-refractivity contribution in [2.45, 2.75) is 0 Å². The van der Waals surface area contributed by atoms with E-state index in [1.54, 1.807) is 12.4 Å². The van der Waals surface area contributed by atoms with Gasteiger partial charge in [-0.3, -0.25) is 0 Å². The fourth-order valence-corrected chi connectivity index (χ4v) is 8.22. The largest absolute Gasteiger partial charge is 0.327 e. The first-order valence-corrected chi connectivity index (χ1v) is 14.1. The van der Waals surface area contributed by atoms with E-state index < -0.39 is 7.14 Å². The number of aromatic nitrogens is 4. The first-order chi connectivity index (χ1) is 18.7. The van der Waals surface area contributed by atoms with Crippen molar-refractivity contribution in [3.05, 3.63) is 140 Å². The predicted molar refractivity (Wildman–Crippen MR) is 149 cm³/mol. The van der Waals surface area contributed by atoms with Crippen molar-refractivity contribution in [2.24, 2.45) is 0 Å². The molecule has 1 aliphatic rings. The molecule has 7 rings (SSSR count). The smallest absolute Gasteiger partial charge is 0.308 e. The predicted octanol–water partition coefficient (Wildman–Crippen LogP) is 4.32. The Hall–Kier alpha value is -4.73. The summed E-state index contributed by atoms with van der Waals surface area (Å²) in [6, 6.07) is 34.0. The Labute approximate surface area is 220 Å². The first-order valence-electron chi connectivity index (χ1n) is 12.4. The Morgan fingerprint density at radius 2 is 1.18 bits per heavy atom. The van der Waals surface area contributed by atoms with Gasteiger partial charge in [0.2, 0.25) is 0 Å². The minimum Gasteiger partial charge on any atom is -0.308 e. The van der Waals surface area contributed by atoms with Crippen LogP contribution in [0.1, 0.15) is 0 Å². The summed E-state index contributed by atoms with van der Waals surface area (Å²) in [7, 11) is -3.12. The van der Waals surface area contributed by atoms with E-state index in [-0.39, 0.29) is 0 Å². The second-order valence-electron chi connectivity index (χ2n) is 9.20. The molecule has 1 unspecified atom stereocenters. The van der Waals surface area contributed by atoms with E-state index in [1.807, 2.05) is 101 Å². The van der Waals surface area contributed by atoms with Crippen molar-refractivity contribution < 1.29 is 13.7 Å². The van der Waals surface area contributed by atoms with Crippen LogP contribution in [0.25, 0.3) is 33.9 Å². The number of benzene rings is 2. The van der Waals surface area contributed by atoms with Gasteiger partial charge in [0, 0.05) is 28.3 Å². The summed E-state index contributed by atoms with van der Waals surface area (Å²) in [4.78, 5) is 8.92. The third-order valence-electron chi connectivity index (χ3n) is 7.02. The van der Waals surface area contributed by atoms with E-state index in [9.17, 15) is 0 Å². The lowest BCUT2D eigenvalue weighted by Crippen LogP contribution is -2.35. The molecule has 6 aromatic rings. The average molecular weight is 511 g/mol. The van der Waals surface area contributed by atoms with E-state index in [4.69, 9.17) is 0 Å². The van der Waals surface area contributed by atoms with Crippen LogP contribution in [0.3, 0.4) is 0 Å². The quantitative estimate of drug-likeness (QED) is 0.262. The van der Waals surface area contributed by atoms with Gasteiger partial charge in [-0.1, -0.05) is 54.6 Å². The highest BCUT2D eigenvalue weighted by Crippen LogP contribution is 2.52. The van der Waals surface area contributed by atoms with E-state index in [2.05, 4.69) is 46.4 Å². The Balaban J connectivity index is 1.37. The summed E-state index contributed by atoms with van der Waals surface area (Å²) in [6.07, 6.45) is 11.5. The van der Waals surface area contributed by atoms with Gasteiger partial charge in [-0.2, -0.15) is 0 Å². The van der Waals surface area contributed by atoms with Crippen LogP contribution in [0.4, 0.5) is 0 Å². The van der Waals surface area contributed by atoms with Crippen LogP contribution in [0.15, 0.2) is 140 Å². The van der Waals surface area contributed by atoms with Gasteiger partial charge in [0.1, 0.15) is 18.6 Å². The molecule has 2 aromatic carbocycles. The molecule has 4 aromatic heterocycles. The number of hydrogen-bond donors (Lipinski definition) is 0. The van der Waals surface area contributed by atoms with Crippen molar-refractivity contribution in [1.29, 1.82) is 0 Å². The molecule has 5 nitrogen and oxygen atoms in total. The van der Waals surface area contributed by atoms with Crippen molar-refractivity contribution in [2.75, 3.05) is 0 Å². The van der Waals surface area contributed by atoms with E-state index in [0.29, 0.717) is 0 Å². The van der Waals surface area contributed by atoms with Crippen molar-refractivity contribution in [1.82, 2.24) is 9.97 Å². The maximum absolute atomic E-state index is 15.2. The zero-order valence-corrected chi connectivity index (χ0v) is 21.3. The van der Waals surface area contributed by atoms with Crippen LogP contribution in [0.2, 0.25) is 0 Å². The highest BCUT2D eigenvalue weighted by Gasteiger charge is 2.41. The summed E-state index contributed by atoms with van der Waals surface area (Å²) in [5.74, 6) is 1.65. The van der Waals surface area contributed by atoms with Gasteiger partial charge < -0.3 is 4.57 Å².